The van der Waals surface area contributed by atoms with E-state index in [-0.39, 0.29) is 6.04 Å². The van der Waals surface area contributed by atoms with Crippen LogP contribution in [-0.4, -0.2) is 0 Å². The van der Waals surface area contributed by atoms with Crippen LogP contribution >= 0.6 is 11.3 Å². The molecule has 0 aliphatic rings. The minimum Gasteiger partial charge on any atom is -0.320 e. The van der Waals surface area contributed by atoms with Gasteiger partial charge < -0.3 is 5.73 Å². The van der Waals surface area contributed by atoms with Gasteiger partial charge in [-0.25, -0.2) is 0 Å². The van der Waals surface area contributed by atoms with Gasteiger partial charge in [0.05, 0.1) is 6.04 Å². The van der Waals surface area contributed by atoms with E-state index in [0.29, 0.717) is 0 Å². The summed E-state index contributed by atoms with van der Waals surface area (Å²) in [6, 6.07) is 10.8. The molecule has 84 valence electrons. The molecule has 2 heteroatoms. The third-order valence-corrected chi connectivity index (χ3v) is 3.48. The monoisotopic (exact) mass is 231 g/mol. The first-order chi connectivity index (χ1) is 7.81. The second-order valence-electron chi connectivity index (χ2n) is 4.03. The van der Waals surface area contributed by atoms with Crippen LogP contribution in [-0.2, 0) is 6.42 Å². The molecule has 0 fully saturated rings. The number of hydrogen-bond donors (Lipinski definition) is 1. The van der Waals surface area contributed by atoms with Gasteiger partial charge in [-0.15, -0.1) is 0 Å². The van der Waals surface area contributed by atoms with Crippen LogP contribution < -0.4 is 5.73 Å². The van der Waals surface area contributed by atoms with Gasteiger partial charge in [0.1, 0.15) is 0 Å². The summed E-state index contributed by atoms with van der Waals surface area (Å²) in [5.74, 6) is 0. The van der Waals surface area contributed by atoms with E-state index < -0.39 is 0 Å². The Bertz CT molecular complexity index is 417. The number of rotatable bonds is 4. The summed E-state index contributed by atoms with van der Waals surface area (Å²) in [7, 11) is 0. The summed E-state index contributed by atoms with van der Waals surface area (Å²) >= 11 is 1.69. The number of aryl methyl sites for hydroxylation is 1. The number of thiophene rings is 1. The highest BCUT2D eigenvalue weighted by atomic mass is 32.1. The van der Waals surface area contributed by atoms with Crippen LogP contribution in [0.3, 0.4) is 0 Å². The number of benzene rings is 1. The largest absolute Gasteiger partial charge is 0.320 e. The lowest BCUT2D eigenvalue weighted by molar-refractivity contribution is 0.870. The molecule has 0 aliphatic heterocycles. The summed E-state index contributed by atoms with van der Waals surface area (Å²) in [5, 5.41) is 4.19. The highest BCUT2D eigenvalue weighted by molar-refractivity contribution is 7.08. The van der Waals surface area contributed by atoms with Gasteiger partial charge in [-0.1, -0.05) is 37.6 Å². The molecule has 16 heavy (non-hydrogen) atoms. The van der Waals surface area contributed by atoms with Gasteiger partial charge in [-0.3, -0.25) is 0 Å². The first-order valence-corrected chi connectivity index (χ1v) is 6.62. The topological polar surface area (TPSA) is 26.0 Å². The average Bonchev–Trinajstić information content (AvgIpc) is 2.83. The van der Waals surface area contributed by atoms with Crippen molar-refractivity contribution < 1.29 is 0 Å². The molecule has 1 atom stereocenters. The predicted octanol–water partition coefficient (Wildman–Crippen LogP) is 3.75. The fourth-order valence-electron chi connectivity index (χ4n) is 1.82. The van der Waals surface area contributed by atoms with E-state index in [2.05, 4.69) is 48.0 Å². The Labute approximate surface area is 101 Å². The first-order valence-electron chi connectivity index (χ1n) is 5.67. The Kier molecular flexibility index (Phi) is 3.75. The van der Waals surface area contributed by atoms with Crippen molar-refractivity contribution in [3.05, 3.63) is 57.8 Å². The molecular formula is C14H17NS. The molecule has 1 nitrogen and oxygen atoms in total. The van der Waals surface area contributed by atoms with Crippen molar-refractivity contribution in [3.8, 4) is 0 Å². The minimum absolute atomic E-state index is 0.0157. The molecule has 0 bridgehead atoms. The van der Waals surface area contributed by atoms with Crippen LogP contribution in [0.25, 0.3) is 0 Å². The Hall–Kier alpha value is -1.12. The summed E-state index contributed by atoms with van der Waals surface area (Å²) in [5.41, 5.74) is 9.98. The molecule has 2 aromatic rings. The molecule has 0 saturated heterocycles. The van der Waals surface area contributed by atoms with E-state index in [4.69, 9.17) is 5.73 Å². The first kappa shape index (κ1) is 11.4. The van der Waals surface area contributed by atoms with E-state index in [1.807, 2.05) is 0 Å². The molecule has 2 rings (SSSR count). The van der Waals surface area contributed by atoms with Gasteiger partial charge >= 0.3 is 0 Å². The molecule has 1 unspecified atom stereocenters. The van der Waals surface area contributed by atoms with Gasteiger partial charge in [0, 0.05) is 0 Å². The molecule has 0 radical (unpaired) electrons. The fraction of sp³-hybridized carbons (Fsp3) is 0.286. The smallest absolute Gasteiger partial charge is 0.0559 e. The zero-order chi connectivity index (χ0) is 11.4. The maximum absolute atomic E-state index is 6.19. The Balaban J connectivity index is 2.15. The van der Waals surface area contributed by atoms with Gasteiger partial charge in [-0.2, -0.15) is 11.3 Å². The Morgan fingerprint density at radius 1 is 1.12 bits per heavy atom. The minimum atomic E-state index is 0.0157. The normalized spacial score (nSPS) is 12.6. The van der Waals surface area contributed by atoms with Crippen LogP contribution in [0.15, 0.2) is 41.1 Å². The molecular weight excluding hydrogens is 214 g/mol. The Morgan fingerprint density at radius 3 is 2.44 bits per heavy atom. The number of hydrogen-bond acceptors (Lipinski definition) is 2. The van der Waals surface area contributed by atoms with E-state index in [9.17, 15) is 0 Å². The quantitative estimate of drug-likeness (QED) is 0.852. The molecule has 2 N–H and O–H groups in total. The lowest BCUT2D eigenvalue weighted by Gasteiger charge is -2.11. The van der Waals surface area contributed by atoms with Crippen molar-refractivity contribution in [1.29, 1.82) is 0 Å². The molecule has 1 heterocycles. The van der Waals surface area contributed by atoms with Crippen molar-refractivity contribution >= 4 is 11.3 Å². The molecule has 1 aromatic heterocycles. The van der Waals surface area contributed by atoms with Gasteiger partial charge in [0.15, 0.2) is 0 Å². The fourth-order valence-corrected chi connectivity index (χ4v) is 2.52. The van der Waals surface area contributed by atoms with E-state index in [1.54, 1.807) is 11.3 Å². The van der Waals surface area contributed by atoms with Gasteiger partial charge in [0.25, 0.3) is 0 Å². The highest BCUT2D eigenvalue weighted by Gasteiger charge is 2.08. The van der Waals surface area contributed by atoms with Crippen molar-refractivity contribution in [2.75, 3.05) is 0 Å². The van der Waals surface area contributed by atoms with Crippen molar-refractivity contribution in [3.63, 3.8) is 0 Å². The highest BCUT2D eigenvalue weighted by Crippen LogP contribution is 2.22. The predicted molar refractivity (Wildman–Crippen MR) is 70.8 cm³/mol. The molecule has 0 saturated carbocycles. The average molecular weight is 231 g/mol. The van der Waals surface area contributed by atoms with Crippen molar-refractivity contribution in [2.45, 2.75) is 25.8 Å². The van der Waals surface area contributed by atoms with E-state index in [0.717, 1.165) is 6.42 Å². The second-order valence-corrected chi connectivity index (χ2v) is 4.81. The number of nitrogens with two attached hydrogens (primary N) is 1. The van der Waals surface area contributed by atoms with Crippen molar-refractivity contribution in [1.82, 2.24) is 0 Å². The second kappa shape index (κ2) is 5.28. The summed E-state index contributed by atoms with van der Waals surface area (Å²) in [6.45, 7) is 2.20. The summed E-state index contributed by atoms with van der Waals surface area (Å²) in [6.07, 6.45) is 2.34. The zero-order valence-corrected chi connectivity index (χ0v) is 10.3. The van der Waals surface area contributed by atoms with Crippen LogP contribution in [0.1, 0.15) is 36.1 Å². The zero-order valence-electron chi connectivity index (χ0n) is 9.52. The molecule has 0 spiro atoms. The Morgan fingerprint density at radius 2 is 1.88 bits per heavy atom. The summed E-state index contributed by atoms with van der Waals surface area (Å²) in [4.78, 5) is 0. The molecule has 1 aromatic carbocycles. The van der Waals surface area contributed by atoms with Crippen LogP contribution in [0.5, 0.6) is 0 Å². The van der Waals surface area contributed by atoms with Gasteiger partial charge in [-0.05, 0) is 39.9 Å². The van der Waals surface area contributed by atoms with E-state index in [1.165, 1.54) is 23.1 Å². The SMILES string of the molecule is CCCc1ccc(C(N)c2ccsc2)cc1. The van der Waals surface area contributed by atoms with E-state index >= 15 is 0 Å². The third kappa shape index (κ3) is 2.52. The van der Waals surface area contributed by atoms with Crippen LogP contribution in [0.2, 0.25) is 0 Å². The molecule has 0 amide bonds. The van der Waals surface area contributed by atoms with Crippen LogP contribution in [0, 0.1) is 0 Å². The standard InChI is InChI=1S/C14H17NS/c1-2-3-11-4-6-12(7-5-11)14(15)13-8-9-16-10-13/h4-10,14H,2-3,15H2,1H3. The lowest BCUT2D eigenvalue weighted by Crippen LogP contribution is -2.10. The molecule has 0 aliphatic carbocycles. The summed E-state index contributed by atoms with van der Waals surface area (Å²) < 4.78 is 0. The van der Waals surface area contributed by atoms with Crippen LogP contribution in [0.4, 0.5) is 0 Å². The third-order valence-electron chi connectivity index (χ3n) is 2.78. The maximum atomic E-state index is 6.19. The lowest BCUT2D eigenvalue weighted by atomic mass is 10.00. The van der Waals surface area contributed by atoms with Gasteiger partial charge in [0.2, 0.25) is 0 Å². The van der Waals surface area contributed by atoms with Crippen molar-refractivity contribution in [2.24, 2.45) is 5.73 Å². The maximum Gasteiger partial charge on any atom is 0.0559 e.